The van der Waals surface area contributed by atoms with Gasteiger partial charge in [0.15, 0.2) is 0 Å². The van der Waals surface area contributed by atoms with Gasteiger partial charge in [-0.2, -0.15) is 0 Å². The highest BCUT2D eigenvalue weighted by Crippen LogP contribution is 2.21. The second-order valence-electron chi connectivity index (χ2n) is 5.55. The second kappa shape index (κ2) is 7.23. The lowest BCUT2D eigenvalue weighted by Gasteiger charge is -2.36. The third-order valence-corrected chi connectivity index (χ3v) is 4.69. The molecule has 21 heavy (non-hydrogen) atoms. The molecule has 1 aromatic carbocycles. The van der Waals surface area contributed by atoms with Crippen molar-refractivity contribution in [2.24, 2.45) is 0 Å². The van der Waals surface area contributed by atoms with Gasteiger partial charge in [0.25, 0.3) is 0 Å². The van der Waals surface area contributed by atoms with Crippen molar-refractivity contribution in [2.45, 2.75) is 32.2 Å². The smallest absolute Gasteiger partial charge is 0.227 e. The van der Waals surface area contributed by atoms with Crippen LogP contribution in [-0.2, 0) is 11.2 Å². The standard InChI is InChI=1S/C16H22ClFN2O/c1-3-20-9-7-12(8-10-20)19(2)16(21)11-13-14(17)5-4-6-15(13)18/h4-6,12H,3,7-11H2,1-2H3. The van der Waals surface area contributed by atoms with Crippen molar-refractivity contribution in [3.8, 4) is 0 Å². The maximum atomic E-state index is 13.8. The van der Waals surface area contributed by atoms with E-state index in [1.54, 1.807) is 17.0 Å². The molecular formula is C16H22ClFN2O. The van der Waals surface area contributed by atoms with Crippen LogP contribution in [0.3, 0.4) is 0 Å². The number of benzene rings is 1. The highest BCUT2D eigenvalue weighted by molar-refractivity contribution is 6.31. The van der Waals surface area contributed by atoms with E-state index in [1.165, 1.54) is 6.07 Å². The highest BCUT2D eigenvalue weighted by atomic mass is 35.5. The van der Waals surface area contributed by atoms with Gasteiger partial charge in [0, 0.05) is 36.8 Å². The highest BCUT2D eigenvalue weighted by Gasteiger charge is 2.25. The zero-order valence-corrected chi connectivity index (χ0v) is 13.4. The minimum absolute atomic E-state index is 0.0238. The van der Waals surface area contributed by atoms with Crippen LogP contribution in [0.25, 0.3) is 0 Å². The first kappa shape index (κ1) is 16.2. The number of rotatable bonds is 4. The number of carbonyl (C=O) groups is 1. The van der Waals surface area contributed by atoms with E-state index in [0.717, 1.165) is 32.5 Å². The predicted molar refractivity (Wildman–Crippen MR) is 83.0 cm³/mol. The SMILES string of the molecule is CCN1CCC(N(C)C(=O)Cc2c(F)cccc2Cl)CC1. The first-order valence-corrected chi connectivity index (χ1v) is 7.81. The summed E-state index contributed by atoms with van der Waals surface area (Å²) in [7, 11) is 1.81. The summed E-state index contributed by atoms with van der Waals surface area (Å²) in [5.41, 5.74) is 0.294. The Morgan fingerprint density at radius 2 is 2.10 bits per heavy atom. The van der Waals surface area contributed by atoms with Crippen LogP contribution < -0.4 is 0 Å². The Morgan fingerprint density at radius 1 is 1.43 bits per heavy atom. The Balaban J connectivity index is 1.97. The summed E-state index contributed by atoms with van der Waals surface area (Å²) >= 11 is 5.98. The lowest BCUT2D eigenvalue weighted by atomic mass is 10.0. The average molecular weight is 313 g/mol. The topological polar surface area (TPSA) is 23.6 Å². The normalized spacial score (nSPS) is 17.0. The van der Waals surface area contributed by atoms with Crippen LogP contribution in [0.4, 0.5) is 4.39 Å². The maximum absolute atomic E-state index is 13.8. The summed E-state index contributed by atoms with van der Waals surface area (Å²) in [4.78, 5) is 16.5. The fraction of sp³-hybridized carbons (Fsp3) is 0.562. The van der Waals surface area contributed by atoms with Gasteiger partial charge in [-0.05, 0) is 31.5 Å². The Labute approximate surface area is 130 Å². The average Bonchev–Trinajstić information content (AvgIpc) is 2.50. The van der Waals surface area contributed by atoms with Crippen LogP contribution in [0.15, 0.2) is 18.2 Å². The molecule has 0 atom stereocenters. The third kappa shape index (κ3) is 3.95. The van der Waals surface area contributed by atoms with E-state index in [-0.39, 0.29) is 18.4 Å². The molecule has 0 saturated carbocycles. The van der Waals surface area contributed by atoms with Crippen LogP contribution in [0, 0.1) is 5.82 Å². The van der Waals surface area contributed by atoms with Crippen molar-refractivity contribution in [3.05, 3.63) is 34.6 Å². The van der Waals surface area contributed by atoms with E-state index in [1.807, 2.05) is 7.05 Å². The van der Waals surface area contributed by atoms with Crippen LogP contribution in [0.1, 0.15) is 25.3 Å². The molecule has 0 N–H and O–H groups in total. The molecule has 0 aromatic heterocycles. The number of likely N-dealkylation sites (tertiary alicyclic amines) is 1. The number of likely N-dealkylation sites (N-methyl/N-ethyl adjacent to an activating group) is 1. The first-order chi connectivity index (χ1) is 10.0. The molecular weight excluding hydrogens is 291 g/mol. The third-order valence-electron chi connectivity index (χ3n) is 4.34. The lowest BCUT2D eigenvalue weighted by molar-refractivity contribution is -0.132. The van der Waals surface area contributed by atoms with Gasteiger partial charge in [-0.1, -0.05) is 24.6 Å². The summed E-state index contributed by atoms with van der Waals surface area (Å²) in [6.07, 6.45) is 1.97. The van der Waals surface area contributed by atoms with E-state index >= 15 is 0 Å². The van der Waals surface area contributed by atoms with Crippen LogP contribution in [0.2, 0.25) is 5.02 Å². The number of halogens is 2. The van der Waals surface area contributed by atoms with E-state index in [9.17, 15) is 9.18 Å². The van der Waals surface area contributed by atoms with Crippen molar-refractivity contribution in [3.63, 3.8) is 0 Å². The number of hydrogen-bond acceptors (Lipinski definition) is 2. The molecule has 0 radical (unpaired) electrons. The zero-order chi connectivity index (χ0) is 15.4. The molecule has 3 nitrogen and oxygen atoms in total. The molecule has 2 rings (SSSR count). The molecule has 0 spiro atoms. The van der Waals surface area contributed by atoms with Crippen molar-refractivity contribution in [2.75, 3.05) is 26.7 Å². The monoisotopic (exact) mass is 312 g/mol. The lowest BCUT2D eigenvalue weighted by Crippen LogP contribution is -2.46. The number of amides is 1. The molecule has 116 valence electrons. The van der Waals surface area contributed by atoms with E-state index in [0.29, 0.717) is 10.6 Å². The van der Waals surface area contributed by atoms with E-state index in [2.05, 4.69) is 11.8 Å². The predicted octanol–water partition coefficient (Wildman–Crippen LogP) is 2.96. The van der Waals surface area contributed by atoms with Gasteiger partial charge < -0.3 is 9.80 Å². The molecule has 1 heterocycles. The van der Waals surface area contributed by atoms with Crippen LogP contribution in [-0.4, -0.2) is 48.4 Å². The molecule has 0 aliphatic carbocycles. The minimum atomic E-state index is -0.412. The zero-order valence-electron chi connectivity index (χ0n) is 12.6. The quantitative estimate of drug-likeness (QED) is 0.853. The number of hydrogen-bond donors (Lipinski definition) is 0. The van der Waals surface area contributed by atoms with E-state index < -0.39 is 5.82 Å². The fourth-order valence-corrected chi connectivity index (χ4v) is 3.03. The maximum Gasteiger partial charge on any atom is 0.227 e. The molecule has 1 amide bonds. The van der Waals surface area contributed by atoms with Gasteiger partial charge >= 0.3 is 0 Å². The van der Waals surface area contributed by atoms with Gasteiger partial charge in [0.2, 0.25) is 5.91 Å². The molecule has 1 aliphatic rings. The van der Waals surface area contributed by atoms with Gasteiger partial charge in [0.05, 0.1) is 6.42 Å². The Hall–Kier alpha value is -1.13. The van der Waals surface area contributed by atoms with Gasteiger partial charge in [-0.15, -0.1) is 0 Å². The van der Waals surface area contributed by atoms with Gasteiger partial charge in [-0.3, -0.25) is 4.79 Å². The molecule has 1 saturated heterocycles. The fourth-order valence-electron chi connectivity index (χ4n) is 2.80. The summed E-state index contributed by atoms with van der Waals surface area (Å²) in [5, 5.41) is 0.317. The first-order valence-electron chi connectivity index (χ1n) is 7.43. The largest absolute Gasteiger partial charge is 0.342 e. The van der Waals surface area contributed by atoms with Crippen molar-refractivity contribution >= 4 is 17.5 Å². The number of carbonyl (C=O) groups excluding carboxylic acids is 1. The molecule has 0 bridgehead atoms. The Bertz CT molecular complexity index is 481. The summed E-state index contributed by atoms with van der Waals surface area (Å²) in [6.45, 7) is 5.23. The molecule has 0 unspecified atom stereocenters. The van der Waals surface area contributed by atoms with Crippen LogP contribution >= 0.6 is 11.6 Å². The minimum Gasteiger partial charge on any atom is -0.342 e. The molecule has 1 aliphatic heterocycles. The second-order valence-corrected chi connectivity index (χ2v) is 5.95. The summed E-state index contributed by atoms with van der Waals surface area (Å²) < 4.78 is 13.8. The molecule has 5 heteroatoms. The van der Waals surface area contributed by atoms with Crippen molar-refractivity contribution in [1.29, 1.82) is 0 Å². The van der Waals surface area contributed by atoms with Gasteiger partial charge in [0.1, 0.15) is 5.82 Å². The summed E-state index contributed by atoms with van der Waals surface area (Å²) in [6, 6.07) is 4.75. The van der Waals surface area contributed by atoms with Gasteiger partial charge in [-0.25, -0.2) is 4.39 Å². The van der Waals surface area contributed by atoms with Crippen molar-refractivity contribution in [1.82, 2.24) is 9.80 Å². The number of piperidine rings is 1. The summed E-state index contributed by atoms with van der Waals surface area (Å²) in [5.74, 6) is -0.484. The molecule has 1 aromatic rings. The van der Waals surface area contributed by atoms with Crippen molar-refractivity contribution < 1.29 is 9.18 Å². The van der Waals surface area contributed by atoms with E-state index in [4.69, 9.17) is 11.6 Å². The molecule has 1 fully saturated rings. The Kier molecular flexibility index (Phi) is 5.59. The Morgan fingerprint density at radius 3 is 2.67 bits per heavy atom. The number of nitrogens with zero attached hydrogens (tertiary/aromatic N) is 2. The van der Waals surface area contributed by atoms with Crippen LogP contribution in [0.5, 0.6) is 0 Å².